The van der Waals surface area contributed by atoms with E-state index in [1.807, 2.05) is 13.8 Å². The molecule has 0 spiro atoms. The van der Waals surface area contributed by atoms with E-state index < -0.39 is 11.4 Å². The second-order valence-electron chi connectivity index (χ2n) is 4.25. The van der Waals surface area contributed by atoms with E-state index in [-0.39, 0.29) is 5.78 Å². The van der Waals surface area contributed by atoms with Crippen LogP contribution in [0.4, 0.5) is 0 Å². The number of ketones is 1. The summed E-state index contributed by atoms with van der Waals surface area (Å²) >= 11 is 0. The van der Waals surface area contributed by atoms with E-state index in [0.29, 0.717) is 12.8 Å². The Labute approximate surface area is 97.5 Å². The van der Waals surface area contributed by atoms with E-state index in [9.17, 15) is 9.59 Å². The molecular formula is C12H23NO3. The van der Waals surface area contributed by atoms with Crippen LogP contribution in [0.3, 0.4) is 0 Å². The normalized spacial score (nSPS) is 11.2. The Morgan fingerprint density at radius 3 is 1.81 bits per heavy atom. The van der Waals surface area contributed by atoms with E-state index in [1.54, 1.807) is 0 Å². The summed E-state index contributed by atoms with van der Waals surface area (Å²) in [6, 6.07) is 0. The molecule has 0 radical (unpaired) electrons. The Hall–Kier alpha value is -0.900. The topological polar surface area (TPSA) is 69.4 Å². The number of unbranched alkanes of at least 4 members (excludes halogenated alkanes) is 2. The molecule has 2 N–H and O–H groups in total. The van der Waals surface area contributed by atoms with Crippen LogP contribution in [-0.4, -0.2) is 11.8 Å². The Kier molecular flexibility index (Phi) is 6.97. The van der Waals surface area contributed by atoms with Crippen molar-refractivity contribution in [3.8, 4) is 0 Å². The predicted octanol–water partition coefficient (Wildman–Crippen LogP) is 2.36. The van der Waals surface area contributed by atoms with Crippen LogP contribution in [0, 0.1) is 5.41 Å². The molecule has 0 heterocycles. The van der Waals surface area contributed by atoms with Crippen molar-refractivity contribution in [1.29, 1.82) is 0 Å². The first-order valence-corrected chi connectivity index (χ1v) is 5.97. The van der Waals surface area contributed by atoms with E-state index >= 15 is 0 Å². The summed E-state index contributed by atoms with van der Waals surface area (Å²) in [4.78, 5) is 27.8. The zero-order valence-corrected chi connectivity index (χ0v) is 10.5. The van der Waals surface area contributed by atoms with Crippen LogP contribution in [0.15, 0.2) is 0 Å². The van der Waals surface area contributed by atoms with Gasteiger partial charge in [0.15, 0.2) is 0 Å². The molecule has 0 rings (SSSR count). The minimum atomic E-state index is -1.01. The van der Waals surface area contributed by atoms with Gasteiger partial charge in [-0.05, 0) is 19.8 Å². The highest BCUT2D eigenvalue weighted by atomic mass is 16.7. The molecule has 4 heteroatoms. The molecule has 94 valence electrons. The second-order valence-corrected chi connectivity index (χ2v) is 4.25. The molecule has 0 saturated heterocycles. The molecule has 0 unspecified atom stereocenters. The number of carbonyl (C=O) groups excluding carboxylic acids is 2. The highest BCUT2D eigenvalue weighted by Crippen LogP contribution is 2.33. The molecule has 0 fully saturated rings. The van der Waals surface area contributed by atoms with Gasteiger partial charge in [0.2, 0.25) is 0 Å². The SMILES string of the molecule is CCCCC(CCCC)(C(C)=O)C(=O)ON. The molecule has 0 aliphatic carbocycles. The van der Waals surface area contributed by atoms with Gasteiger partial charge in [-0.25, -0.2) is 4.79 Å². The number of Topliss-reactive ketones (excluding diaryl/α,β-unsaturated/α-hetero) is 1. The largest absolute Gasteiger partial charge is 0.373 e. The van der Waals surface area contributed by atoms with Gasteiger partial charge in [-0.3, -0.25) is 4.79 Å². The molecular weight excluding hydrogens is 206 g/mol. The van der Waals surface area contributed by atoms with Gasteiger partial charge in [-0.15, -0.1) is 0 Å². The Morgan fingerprint density at radius 1 is 1.12 bits per heavy atom. The molecule has 0 aliphatic rings. The van der Waals surface area contributed by atoms with Crippen molar-refractivity contribution in [2.75, 3.05) is 0 Å². The van der Waals surface area contributed by atoms with Gasteiger partial charge in [0, 0.05) is 0 Å². The molecule has 0 saturated carbocycles. The van der Waals surface area contributed by atoms with Crippen molar-refractivity contribution >= 4 is 11.8 Å². The summed E-state index contributed by atoms with van der Waals surface area (Å²) in [5, 5.41) is 0. The van der Waals surface area contributed by atoms with Crippen molar-refractivity contribution in [2.45, 2.75) is 59.3 Å². The van der Waals surface area contributed by atoms with Crippen LogP contribution < -0.4 is 5.90 Å². The maximum Gasteiger partial charge on any atom is 0.338 e. The molecule has 16 heavy (non-hydrogen) atoms. The maximum absolute atomic E-state index is 11.7. The number of hydrogen-bond acceptors (Lipinski definition) is 4. The van der Waals surface area contributed by atoms with Crippen molar-refractivity contribution < 1.29 is 14.4 Å². The standard InChI is InChI=1S/C12H23NO3/c1-4-6-8-12(10(3)14,9-7-5-2)11(15)16-13/h4-9,13H2,1-3H3. The molecule has 0 aromatic carbocycles. The van der Waals surface area contributed by atoms with Crippen LogP contribution >= 0.6 is 0 Å². The zero-order chi connectivity index (χ0) is 12.6. The lowest BCUT2D eigenvalue weighted by atomic mass is 9.75. The quantitative estimate of drug-likeness (QED) is 0.512. The fourth-order valence-electron chi connectivity index (χ4n) is 1.89. The molecule has 0 atom stereocenters. The third-order valence-electron chi connectivity index (χ3n) is 3.09. The third kappa shape index (κ3) is 3.59. The van der Waals surface area contributed by atoms with Crippen molar-refractivity contribution in [1.82, 2.24) is 0 Å². The molecule has 0 bridgehead atoms. The van der Waals surface area contributed by atoms with Crippen molar-refractivity contribution in [2.24, 2.45) is 11.3 Å². The number of rotatable bonds is 8. The lowest BCUT2D eigenvalue weighted by molar-refractivity contribution is -0.162. The molecule has 0 aromatic heterocycles. The van der Waals surface area contributed by atoms with Gasteiger partial charge in [-0.1, -0.05) is 39.5 Å². The van der Waals surface area contributed by atoms with E-state index in [4.69, 9.17) is 5.90 Å². The summed E-state index contributed by atoms with van der Waals surface area (Å²) in [5.74, 6) is 4.22. The van der Waals surface area contributed by atoms with Gasteiger partial charge >= 0.3 is 5.97 Å². The molecule has 0 aromatic rings. The average molecular weight is 229 g/mol. The fraction of sp³-hybridized carbons (Fsp3) is 0.833. The van der Waals surface area contributed by atoms with Gasteiger partial charge < -0.3 is 4.84 Å². The first-order chi connectivity index (χ1) is 7.55. The van der Waals surface area contributed by atoms with Gasteiger partial charge in [0.25, 0.3) is 0 Å². The summed E-state index contributed by atoms with van der Waals surface area (Å²) < 4.78 is 0. The maximum atomic E-state index is 11.7. The monoisotopic (exact) mass is 229 g/mol. The Morgan fingerprint density at radius 2 is 1.56 bits per heavy atom. The number of carbonyl (C=O) groups is 2. The first kappa shape index (κ1) is 15.1. The van der Waals surface area contributed by atoms with E-state index in [1.165, 1.54) is 6.92 Å². The van der Waals surface area contributed by atoms with Gasteiger partial charge in [0.05, 0.1) is 0 Å². The Bertz CT molecular complexity index is 230. The molecule has 0 aliphatic heterocycles. The van der Waals surface area contributed by atoms with Crippen molar-refractivity contribution in [3.63, 3.8) is 0 Å². The average Bonchev–Trinajstić information content (AvgIpc) is 2.28. The van der Waals surface area contributed by atoms with Crippen LogP contribution in [0.1, 0.15) is 59.3 Å². The predicted molar refractivity (Wildman–Crippen MR) is 62.4 cm³/mol. The summed E-state index contributed by atoms with van der Waals surface area (Å²) in [6.07, 6.45) is 4.62. The van der Waals surface area contributed by atoms with Gasteiger partial charge in [0.1, 0.15) is 11.2 Å². The van der Waals surface area contributed by atoms with Crippen LogP contribution in [0.25, 0.3) is 0 Å². The summed E-state index contributed by atoms with van der Waals surface area (Å²) in [5.41, 5.74) is -1.01. The van der Waals surface area contributed by atoms with Crippen LogP contribution in [0.2, 0.25) is 0 Å². The minimum Gasteiger partial charge on any atom is -0.373 e. The van der Waals surface area contributed by atoms with E-state index in [0.717, 1.165) is 25.7 Å². The lowest BCUT2D eigenvalue weighted by Crippen LogP contribution is -2.40. The second kappa shape index (κ2) is 7.39. The van der Waals surface area contributed by atoms with Crippen molar-refractivity contribution in [3.05, 3.63) is 0 Å². The summed E-state index contributed by atoms with van der Waals surface area (Å²) in [7, 11) is 0. The van der Waals surface area contributed by atoms with Crippen LogP contribution in [-0.2, 0) is 14.4 Å². The summed E-state index contributed by atoms with van der Waals surface area (Å²) in [6.45, 7) is 5.50. The third-order valence-corrected chi connectivity index (χ3v) is 3.09. The zero-order valence-electron chi connectivity index (χ0n) is 10.5. The highest BCUT2D eigenvalue weighted by molar-refractivity contribution is 6.02. The first-order valence-electron chi connectivity index (χ1n) is 5.97. The molecule has 4 nitrogen and oxygen atoms in total. The number of hydrogen-bond donors (Lipinski definition) is 1. The lowest BCUT2D eigenvalue weighted by Gasteiger charge is -2.27. The Balaban J connectivity index is 4.88. The fourth-order valence-corrected chi connectivity index (χ4v) is 1.89. The number of nitrogens with two attached hydrogens (primary N) is 1. The van der Waals surface area contributed by atoms with Gasteiger partial charge in [-0.2, -0.15) is 5.90 Å². The smallest absolute Gasteiger partial charge is 0.338 e. The van der Waals surface area contributed by atoms with E-state index in [2.05, 4.69) is 4.84 Å². The minimum absolute atomic E-state index is 0.134. The van der Waals surface area contributed by atoms with Crippen LogP contribution in [0.5, 0.6) is 0 Å². The molecule has 0 amide bonds. The highest BCUT2D eigenvalue weighted by Gasteiger charge is 2.43.